The van der Waals surface area contributed by atoms with Crippen molar-refractivity contribution in [2.75, 3.05) is 5.32 Å². The van der Waals surface area contributed by atoms with Crippen LogP contribution < -0.4 is 5.32 Å². The van der Waals surface area contributed by atoms with Gasteiger partial charge >= 0.3 is 0 Å². The summed E-state index contributed by atoms with van der Waals surface area (Å²) in [6.07, 6.45) is 0.619. The summed E-state index contributed by atoms with van der Waals surface area (Å²) in [6.45, 7) is 0. The summed E-state index contributed by atoms with van der Waals surface area (Å²) < 4.78 is 5.39. The van der Waals surface area contributed by atoms with Gasteiger partial charge in [-0.3, -0.25) is 4.79 Å². The fourth-order valence-corrected chi connectivity index (χ4v) is 4.55. The van der Waals surface area contributed by atoms with Crippen molar-refractivity contribution >= 4 is 23.4 Å². The third-order valence-corrected chi connectivity index (χ3v) is 6.50. The van der Waals surface area contributed by atoms with Crippen LogP contribution in [0.3, 0.4) is 0 Å². The molecule has 0 aliphatic carbocycles. The average Bonchev–Trinajstić information content (AvgIpc) is 3.39. The monoisotopic (exact) mass is 477 g/mol. The normalized spacial score (nSPS) is 10.7. The summed E-state index contributed by atoms with van der Waals surface area (Å²) in [5.41, 5.74) is 3.94. The minimum absolute atomic E-state index is 0.0990. The summed E-state index contributed by atoms with van der Waals surface area (Å²) in [5.74, 6) is 0.858. The summed E-state index contributed by atoms with van der Waals surface area (Å²) >= 11 is 1.62. The molecule has 5 nitrogen and oxygen atoms in total. The second-order valence-corrected chi connectivity index (χ2v) is 9.03. The zero-order valence-electron chi connectivity index (χ0n) is 18.9. The Balaban J connectivity index is 1.19. The Hall–Kier alpha value is -4.16. The van der Waals surface area contributed by atoms with Crippen LogP contribution >= 0.6 is 11.8 Å². The highest BCUT2D eigenvalue weighted by molar-refractivity contribution is 7.99. The molecule has 0 atom stereocenters. The predicted octanol–water partition coefficient (Wildman–Crippen LogP) is 7.13. The highest BCUT2D eigenvalue weighted by Gasteiger charge is 2.13. The van der Waals surface area contributed by atoms with E-state index in [0.717, 1.165) is 32.2 Å². The van der Waals surface area contributed by atoms with Crippen LogP contribution in [0.2, 0.25) is 0 Å². The van der Waals surface area contributed by atoms with Crippen LogP contribution in [0.25, 0.3) is 22.5 Å². The molecule has 0 spiro atoms. The fourth-order valence-electron chi connectivity index (χ4n) is 3.62. The maximum Gasteiger partial charge on any atom is 0.227 e. The number of hydrogen-bond donors (Lipinski definition) is 1. The molecule has 0 saturated heterocycles. The molecule has 6 heteroatoms. The number of aromatic nitrogens is 2. The Kier molecular flexibility index (Phi) is 7.01. The van der Waals surface area contributed by atoms with E-state index in [1.54, 1.807) is 11.8 Å². The van der Waals surface area contributed by atoms with Gasteiger partial charge in [-0.1, -0.05) is 102 Å². The van der Waals surface area contributed by atoms with Gasteiger partial charge in [0.15, 0.2) is 0 Å². The molecular weight excluding hydrogens is 454 g/mol. The van der Waals surface area contributed by atoms with Crippen LogP contribution in [0.5, 0.6) is 0 Å². The Bertz CT molecular complexity index is 1400. The van der Waals surface area contributed by atoms with E-state index in [0.29, 0.717) is 18.1 Å². The fraction of sp³-hybridized carbons (Fsp3) is 0.0690. The van der Waals surface area contributed by atoms with Gasteiger partial charge < -0.3 is 9.84 Å². The lowest BCUT2D eigenvalue weighted by molar-refractivity contribution is -0.116. The number of benzene rings is 4. The van der Waals surface area contributed by atoms with Crippen molar-refractivity contribution < 1.29 is 9.32 Å². The molecule has 5 rings (SSSR count). The lowest BCUT2D eigenvalue weighted by atomic mass is 10.0. The molecule has 0 radical (unpaired) electrons. The second kappa shape index (κ2) is 10.8. The number of para-hydroxylation sites is 1. The molecule has 1 amide bonds. The number of anilines is 1. The van der Waals surface area contributed by atoms with Crippen LogP contribution in [-0.4, -0.2) is 16.0 Å². The van der Waals surface area contributed by atoms with Crippen molar-refractivity contribution in [1.82, 2.24) is 10.1 Å². The number of carbonyl (C=O) groups is 1. The third-order valence-electron chi connectivity index (χ3n) is 5.42. The number of hydrogen-bond acceptors (Lipinski definition) is 5. The molecule has 4 aromatic carbocycles. The molecule has 1 heterocycles. The first kappa shape index (κ1) is 22.6. The van der Waals surface area contributed by atoms with Crippen LogP contribution in [0.1, 0.15) is 12.3 Å². The van der Waals surface area contributed by atoms with Gasteiger partial charge in [-0.25, -0.2) is 0 Å². The van der Waals surface area contributed by atoms with Crippen LogP contribution in [0, 0.1) is 0 Å². The van der Waals surface area contributed by atoms with Crippen molar-refractivity contribution in [2.24, 2.45) is 0 Å². The van der Waals surface area contributed by atoms with E-state index in [9.17, 15) is 4.79 Å². The highest BCUT2D eigenvalue weighted by atomic mass is 32.2. The first-order chi connectivity index (χ1) is 17.2. The number of nitrogens with one attached hydrogen (secondary N) is 1. The van der Waals surface area contributed by atoms with Crippen molar-refractivity contribution in [2.45, 2.75) is 22.6 Å². The van der Waals surface area contributed by atoms with E-state index in [4.69, 9.17) is 4.52 Å². The summed E-state index contributed by atoms with van der Waals surface area (Å²) in [4.78, 5) is 19.2. The molecule has 5 aromatic rings. The number of amides is 1. The van der Waals surface area contributed by atoms with Crippen LogP contribution in [0.15, 0.2) is 124 Å². The molecule has 0 unspecified atom stereocenters. The van der Waals surface area contributed by atoms with Gasteiger partial charge in [0, 0.05) is 28.2 Å². The molecule has 172 valence electrons. The molecule has 0 saturated carbocycles. The van der Waals surface area contributed by atoms with Gasteiger partial charge in [0.25, 0.3) is 0 Å². The quantitative estimate of drug-likeness (QED) is 0.258. The first-order valence-corrected chi connectivity index (χ1v) is 12.2. The Labute approximate surface area is 208 Å². The number of rotatable bonds is 8. The van der Waals surface area contributed by atoms with Crippen molar-refractivity contribution in [3.63, 3.8) is 0 Å². The molecule has 0 fully saturated rings. The number of carbonyl (C=O) groups excluding carboxylic acids is 1. The van der Waals surface area contributed by atoms with Crippen molar-refractivity contribution in [1.29, 1.82) is 0 Å². The molecular formula is C29H23N3O2S. The van der Waals surface area contributed by atoms with E-state index in [1.807, 2.05) is 97.1 Å². The van der Waals surface area contributed by atoms with E-state index in [-0.39, 0.29) is 12.3 Å². The maximum atomic E-state index is 12.6. The zero-order valence-corrected chi connectivity index (χ0v) is 19.7. The van der Waals surface area contributed by atoms with Crippen LogP contribution in [-0.2, 0) is 11.2 Å². The largest absolute Gasteiger partial charge is 0.339 e. The third kappa shape index (κ3) is 5.86. The summed E-state index contributed by atoms with van der Waals surface area (Å²) in [5, 5.41) is 7.10. The van der Waals surface area contributed by atoms with E-state index in [2.05, 4.69) is 27.6 Å². The molecule has 1 N–H and O–H groups in total. The van der Waals surface area contributed by atoms with Crippen molar-refractivity contribution in [3.8, 4) is 22.5 Å². The van der Waals surface area contributed by atoms with E-state index in [1.165, 1.54) is 0 Å². The maximum absolute atomic E-state index is 12.6. The molecule has 35 heavy (non-hydrogen) atoms. The van der Waals surface area contributed by atoms with Crippen molar-refractivity contribution in [3.05, 3.63) is 115 Å². The number of aryl methyl sites for hydroxylation is 1. The minimum atomic E-state index is -0.0990. The Morgan fingerprint density at radius 3 is 2.14 bits per heavy atom. The summed E-state index contributed by atoms with van der Waals surface area (Å²) in [6, 6.07) is 36.1. The lowest BCUT2D eigenvalue weighted by Crippen LogP contribution is -2.13. The van der Waals surface area contributed by atoms with E-state index >= 15 is 0 Å². The van der Waals surface area contributed by atoms with Gasteiger partial charge in [-0.05, 0) is 35.4 Å². The molecule has 0 bridgehead atoms. The predicted molar refractivity (Wildman–Crippen MR) is 139 cm³/mol. The van der Waals surface area contributed by atoms with Gasteiger partial charge in [0.1, 0.15) is 0 Å². The smallest absolute Gasteiger partial charge is 0.227 e. The first-order valence-electron chi connectivity index (χ1n) is 11.3. The van der Waals surface area contributed by atoms with Gasteiger partial charge in [0.05, 0.1) is 5.69 Å². The highest BCUT2D eigenvalue weighted by Crippen LogP contribution is 2.33. The molecule has 1 aromatic heterocycles. The molecule has 0 aliphatic heterocycles. The summed E-state index contributed by atoms with van der Waals surface area (Å²) in [7, 11) is 0. The topological polar surface area (TPSA) is 68.0 Å². The Morgan fingerprint density at radius 1 is 0.743 bits per heavy atom. The van der Waals surface area contributed by atoms with Gasteiger partial charge in [0.2, 0.25) is 17.6 Å². The van der Waals surface area contributed by atoms with Gasteiger partial charge in [-0.2, -0.15) is 4.98 Å². The number of nitrogens with zero attached hydrogens (tertiary/aromatic N) is 2. The standard InChI is InChI=1S/C29H23N3O2S/c33-27(30-25-13-7-8-14-26(25)35-24-11-5-2-6-12-24)19-20-28-31-29(32-34-28)23-17-15-22(16-18-23)21-9-3-1-4-10-21/h1-18H,19-20H2,(H,30,33). The minimum Gasteiger partial charge on any atom is -0.339 e. The zero-order chi connectivity index (χ0) is 23.9. The SMILES string of the molecule is O=C(CCc1nc(-c2ccc(-c3ccccc3)cc2)no1)Nc1ccccc1Sc1ccccc1. The lowest BCUT2D eigenvalue weighted by Gasteiger charge is -2.10. The van der Waals surface area contributed by atoms with Crippen LogP contribution in [0.4, 0.5) is 5.69 Å². The Morgan fingerprint density at radius 2 is 1.37 bits per heavy atom. The second-order valence-electron chi connectivity index (χ2n) is 7.91. The van der Waals surface area contributed by atoms with E-state index < -0.39 is 0 Å². The average molecular weight is 478 g/mol. The molecule has 0 aliphatic rings. The van der Waals surface area contributed by atoms with Gasteiger partial charge in [-0.15, -0.1) is 0 Å².